The summed E-state index contributed by atoms with van der Waals surface area (Å²) in [7, 11) is 0. The van der Waals surface area contributed by atoms with Gasteiger partial charge in [0.15, 0.2) is 0 Å². The maximum absolute atomic E-state index is 5.80. The molecule has 0 atom stereocenters. The molecule has 22 heavy (non-hydrogen) atoms. The number of ether oxygens (including phenoxy) is 1. The van der Waals surface area contributed by atoms with Crippen molar-refractivity contribution in [2.45, 2.75) is 13.5 Å². The predicted octanol–water partition coefficient (Wildman–Crippen LogP) is 4.82. The van der Waals surface area contributed by atoms with E-state index in [9.17, 15) is 0 Å². The summed E-state index contributed by atoms with van der Waals surface area (Å²) in [6.07, 6.45) is 0. The Kier molecular flexibility index (Phi) is 4.10. The van der Waals surface area contributed by atoms with Gasteiger partial charge in [0.05, 0.1) is 0 Å². The number of aryl methyl sites for hydroxylation is 1. The van der Waals surface area contributed by atoms with Gasteiger partial charge in [0.25, 0.3) is 0 Å². The summed E-state index contributed by atoms with van der Waals surface area (Å²) in [6, 6.07) is 24.5. The van der Waals surface area contributed by atoms with Crippen LogP contribution in [0.5, 0.6) is 5.75 Å². The molecule has 0 fully saturated rings. The average Bonchev–Trinajstić information content (AvgIpc) is 2.56. The van der Waals surface area contributed by atoms with Crippen molar-refractivity contribution in [2.24, 2.45) is 0 Å². The molecule has 3 aromatic rings. The number of nitrogen functional groups attached to an aromatic ring is 1. The number of hydrogen-bond donors (Lipinski definition) is 1. The van der Waals surface area contributed by atoms with Gasteiger partial charge in [-0.1, -0.05) is 54.1 Å². The highest BCUT2D eigenvalue weighted by Crippen LogP contribution is 2.23. The van der Waals surface area contributed by atoms with Gasteiger partial charge < -0.3 is 10.5 Å². The van der Waals surface area contributed by atoms with Gasteiger partial charge in [-0.3, -0.25) is 0 Å². The minimum atomic E-state index is 0.546. The lowest BCUT2D eigenvalue weighted by molar-refractivity contribution is 0.306. The molecule has 0 aliphatic carbocycles. The molecule has 2 heteroatoms. The maximum atomic E-state index is 5.80. The standard InChI is InChI=1S/C20H19NO/c1-15-2-6-17(7-3-15)18-8-12-20(13-9-18)22-14-16-4-10-19(21)11-5-16/h2-13H,14,21H2,1H3. The molecular weight excluding hydrogens is 270 g/mol. The van der Waals surface area contributed by atoms with E-state index in [0.29, 0.717) is 6.61 Å². The molecule has 0 aliphatic rings. The van der Waals surface area contributed by atoms with Crippen molar-refractivity contribution in [1.82, 2.24) is 0 Å². The van der Waals surface area contributed by atoms with Crippen LogP contribution in [0.15, 0.2) is 72.8 Å². The topological polar surface area (TPSA) is 35.2 Å². The monoisotopic (exact) mass is 289 g/mol. The first-order valence-electron chi connectivity index (χ1n) is 7.35. The fraction of sp³-hybridized carbons (Fsp3) is 0.100. The molecule has 0 spiro atoms. The third-order valence-electron chi connectivity index (χ3n) is 3.62. The lowest BCUT2D eigenvalue weighted by Gasteiger charge is -2.08. The van der Waals surface area contributed by atoms with Crippen LogP contribution >= 0.6 is 0 Å². The van der Waals surface area contributed by atoms with Crippen LogP contribution in [0.4, 0.5) is 5.69 Å². The summed E-state index contributed by atoms with van der Waals surface area (Å²) in [5.74, 6) is 0.868. The summed E-state index contributed by atoms with van der Waals surface area (Å²) in [6.45, 7) is 2.64. The van der Waals surface area contributed by atoms with E-state index in [1.165, 1.54) is 16.7 Å². The summed E-state index contributed by atoms with van der Waals surface area (Å²) in [5, 5.41) is 0. The van der Waals surface area contributed by atoms with Crippen molar-refractivity contribution in [3.8, 4) is 16.9 Å². The van der Waals surface area contributed by atoms with Gasteiger partial charge >= 0.3 is 0 Å². The van der Waals surface area contributed by atoms with Crippen LogP contribution in [0, 0.1) is 6.92 Å². The van der Waals surface area contributed by atoms with Crippen molar-refractivity contribution >= 4 is 5.69 Å². The zero-order valence-corrected chi connectivity index (χ0v) is 12.6. The first-order chi connectivity index (χ1) is 10.7. The molecule has 0 aromatic heterocycles. The minimum Gasteiger partial charge on any atom is -0.489 e. The van der Waals surface area contributed by atoms with Gasteiger partial charge in [-0.25, -0.2) is 0 Å². The van der Waals surface area contributed by atoms with E-state index in [1.54, 1.807) is 0 Å². The van der Waals surface area contributed by atoms with Crippen molar-refractivity contribution in [1.29, 1.82) is 0 Å². The molecule has 3 rings (SSSR count). The molecule has 0 saturated heterocycles. The summed E-state index contributed by atoms with van der Waals surface area (Å²) in [4.78, 5) is 0. The highest BCUT2D eigenvalue weighted by Gasteiger charge is 2.00. The van der Waals surface area contributed by atoms with Gasteiger partial charge in [-0.2, -0.15) is 0 Å². The zero-order valence-electron chi connectivity index (χ0n) is 12.6. The average molecular weight is 289 g/mol. The Morgan fingerprint density at radius 3 is 1.86 bits per heavy atom. The molecule has 0 amide bonds. The second kappa shape index (κ2) is 6.35. The molecule has 3 aromatic carbocycles. The number of anilines is 1. The van der Waals surface area contributed by atoms with E-state index in [2.05, 4.69) is 43.3 Å². The first kappa shape index (κ1) is 14.2. The highest BCUT2D eigenvalue weighted by molar-refractivity contribution is 5.64. The van der Waals surface area contributed by atoms with E-state index < -0.39 is 0 Å². The van der Waals surface area contributed by atoms with Crippen molar-refractivity contribution < 1.29 is 4.74 Å². The Hall–Kier alpha value is -2.74. The third kappa shape index (κ3) is 3.47. The SMILES string of the molecule is Cc1ccc(-c2ccc(OCc3ccc(N)cc3)cc2)cc1. The number of hydrogen-bond acceptors (Lipinski definition) is 2. The van der Waals surface area contributed by atoms with Gasteiger partial charge in [0.2, 0.25) is 0 Å². The molecule has 0 aliphatic heterocycles. The number of benzene rings is 3. The molecular formula is C20H19NO. The minimum absolute atomic E-state index is 0.546. The Bertz CT molecular complexity index is 728. The lowest BCUT2D eigenvalue weighted by Crippen LogP contribution is -1.95. The van der Waals surface area contributed by atoms with Crippen LogP contribution in [0.1, 0.15) is 11.1 Å². The quantitative estimate of drug-likeness (QED) is 0.699. The summed E-state index contributed by atoms with van der Waals surface area (Å²) < 4.78 is 5.80. The number of rotatable bonds is 4. The van der Waals surface area contributed by atoms with E-state index in [0.717, 1.165) is 17.0 Å². The molecule has 0 heterocycles. The second-order valence-electron chi connectivity index (χ2n) is 5.42. The molecule has 0 radical (unpaired) electrons. The summed E-state index contributed by atoms with van der Waals surface area (Å²) in [5.41, 5.74) is 11.2. The molecule has 2 nitrogen and oxygen atoms in total. The first-order valence-corrected chi connectivity index (χ1v) is 7.35. The van der Waals surface area contributed by atoms with Gasteiger partial charge in [-0.15, -0.1) is 0 Å². The van der Waals surface area contributed by atoms with Crippen LogP contribution < -0.4 is 10.5 Å². The molecule has 0 unspecified atom stereocenters. The largest absolute Gasteiger partial charge is 0.489 e. The van der Waals surface area contributed by atoms with Crippen LogP contribution in [0.3, 0.4) is 0 Å². The fourth-order valence-corrected chi connectivity index (χ4v) is 2.27. The smallest absolute Gasteiger partial charge is 0.119 e. The van der Waals surface area contributed by atoms with Crippen molar-refractivity contribution in [2.75, 3.05) is 5.73 Å². The predicted molar refractivity (Wildman–Crippen MR) is 91.8 cm³/mol. The Balaban J connectivity index is 1.66. The third-order valence-corrected chi connectivity index (χ3v) is 3.62. The lowest BCUT2D eigenvalue weighted by atomic mass is 10.0. The number of nitrogens with two attached hydrogens (primary N) is 1. The van der Waals surface area contributed by atoms with E-state index in [4.69, 9.17) is 10.5 Å². The van der Waals surface area contributed by atoms with Crippen LogP contribution in [-0.4, -0.2) is 0 Å². The normalized spacial score (nSPS) is 10.4. The molecule has 0 bridgehead atoms. The van der Waals surface area contributed by atoms with E-state index >= 15 is 0 Å². The maximum Gasteiger partial charge on any atom is 0.119 e. The van der Waals surface area contributed by atoms with Gasteiger partial charge in [-0.05, 0) is 47.9 Å². The van der Waals surface area contributed by atoms with Gasteiger partial charge in [0, 0.05) is 5.69 Å². The zero-order chi connectivity index (χ0) is 15.4. The second-order valence-corrected chi connectivity index (χ2v) is 5.42. The van der Waals surface area contributed by atoms with E-state index in [-0.39, 0.29) is 0 Å². The van der Waals surface area contributed by atoms with Crippen molar-refractivity contribution in [3.63, 3.8) is 0 Å². The van der Waals surface area contributed by atoms with Crippen molar-refractivity contribution in [3.05, 3.63) is 83.9 Å². The Labute approximate surface area is 131 Å². The Morgan fingerprint density at radius 1 is 0.727 bits per heavy atom. The molecule has 0 saturated carbocycles. The van der Waals surface area contributed by atoms with Crippen LogP contribution in [-0.2, 0) is 6.61 Å². The summed E-state index contributed by atoms with van der Waals surface area (Å²) >= 11 is 0. The van der Waals surface area contributed by atoms with Gasteiger partial charge in [0.1, 0.15) is 12.4 Å². The molecule has 2 N–H and O–H groups in total. The van der Waals surface area contributed by atoms with Crippen LogP contribution in [0.2, 0.25) is 0 Å². The van der Waals surface area contributed by atoms with Crippen LogP contribution in [0.25, 0.3) is 11.1 Å². The fourth-order valence-electron chi connectivity index (χ4n) is 2.27. The van der Waals surface area contributed by atoms with E-state index in [1.807, 2.05) is 36.4 Å². The molecule has 110 valence electrons. The Morgan fingerprint density at radius 2 is 1.27 bits per heavy atom. The highest BCUT2D eigenvalue weighted by atomic mass is 16.5.